The third kappa shape index (κ3) is 5.78. The molecule has 0 unspecified atom stereocenters. The summed E-state index contributed by atoms with van der Waals surface area (Å²) < 4.78 is 71.5. The number of carbonyl (C=O) groups excluding carboxylic acids is 1. The summed E-state index contributed by atoms with van der Waals surface area (Å²) in [5.74, 6) is -2.34. The Kier molecular flexibility index (Phi) is 7.40. The van der Waals surface area contributed by atoms with E-state index in [4.69, 9.17) is 11.6 Å². The van der Waals surface area contributed by atoms with E-state index in [-0.39, 0.29) is 39.8 Å². The molecule has 0 atom stereocenters. The highest BCUT2D eigenvalue weighted by Gasteiger charge is 2.42. The first-order chi connectivity index (χ1) is 19.7. The van der Waals surface area contributed by atoms with Crippen molar-refractivity contribution in [2.24, 2.45) is 0 Å². The lowest BCUT2D eigenvalue weighted by molar-refractivity contribution is -0.274. The zero-order chi connectivity index (χ0) is 30.4. The first-order valence-corrected chi connectivity index (χ1v) is 12.9. The number of para-hydroxylation sites is 2. The minimum atomic E-state index is -4.84. The zero-order valence-corrected chi connectivity index (χ0v) is 22.9. The standard InChI is InChI=1S/C30H23ClF5N3O3/c1-29(2)15-39(27-24(40)14-21(33)25(26(27)29)19-12-7-16(31)13-20(19)32)23-6-4-3-5-22(23)38-28(41)37-17-8-10-18(11-9-17)42-30(34,35)36/h3-14,40H,15H2,1-2H3,(H2,37,38,41). The number of ether oxygens (including phenoxy) is 1. The molecule has 2 amide bonds. The largest absolute Gasteiger partial charge is 0.573 e. The number of aromatic hydroxyl groups is 1. The van der Waals surface area contributed by atoms with Gasteiger partial charge in [0, 0.05) is 39.9 Å². The number of urea groups is 1. The maximum atomic E-state index is 15.4. The van der Waals surface area contributed by atoms with Crippen molar-refractivity contribution in [1.82, 2.24) is 0 Å². The quantitative estimate of drug-likeness (QED) is 0.199. The minimum Gasteiger partial charge on any atom is -0.506 e. The number of nitrogens with zero attached hydrogens (tertiary/aromatic N) is 1. The molecule has 1 heterocycles. The van der Waals surface area contributed by atoms with Crippen molar-refractivity contribution in [3.05, 3.63) is 95.0 Å². The molecule has 1 aliphatic heterocycles. The maximum absolute atomic E-state index is 15.4. The number of amides is 2. The van der Waals surface area contributed by atoms with Gasteiger partial charge in [0.2, 0.25) is 0 Å². The monoisotopic (exact) mass is 603 g/mol. The molecule has 0 saturated carbocycles. The number of nitrogens with one attached hydrogen (secondary N) is 2. The Morgan fingerprint density at radius 1 is 0.976 bits per heavy atom. The van der Waals surface area contributed by atoms with Gasteiger partial charge in [0.15, 0.2) is 0 Å². The fourth-order valence-electron chi connectivity index (χ4n) is 5.11. The van der Waals surface area contributed by atoms with Crippen LogP contribution in [0.4, 0.5) is 49.5 Å². The molecule has 12 heteroatoms. The normalized spacial score (nSPS) is 14.0. The Morgan fingerprint density at radius 2 is 1.67 bits per heavy atom. The molecule has 1 aliphatic rings. The predicted molar refractivity (Wildman–Crippen MR) is 151 cm³/mol. The molecule has 0 spiro atoms. The molecule has 0 radical (unpaired) electrons. The smallest absolute Gasteiger partial charge is 0.506 e. The van der Waals surface area contributed by atoms with Gasteiger partial charge in [-0.15, -0.1) is 13.2 Å². The molecule has 0 fully saturated rings. The molecule has 4 aromatic carbocycles. The zero-order valence-electron chi connectivity index (χ0n) is 22.1. The van der Waals surface area contributed by atoms with Gasteiger partial charge in [-0.05, 0) is 60.2 Å². The van der Waals surface area contributed by atoms with Crippen LogP contribution in [0.2, 0.25) is 5.02 Å². The summed E-state index contributed by atoms with van der Waals surface area (Å²) in [6.45, 7) is 3.90. The fourth-order valence-corrected chi connectivity index (χ4v) is 5.27. The molecular formula is C30H23ClF5N3O3. The van der Waals surface area contributed by atoms with Crippen molar-refractivity contribution in [2.75, 3.05) is 22.1 Å². The van der Waals surface area contributed by atoms with Gasteiger partial charge in [0.1, 0.15) is 23.1 Å². The van der Waals surface area contributed by atoms with Crippen molar-refractivity contribution >= 4 is 40.4 Å². The van der Waals surface area contributed by atoms with Crippen LogP contribution in [-0.4, -0.2) is 24.0 Å². The molecule has 0 aromatic heterocycles. The Hall–Kier alpha value is -4.51. The van der Waals surface area contributed by atoms with Crippen LogP contribution in [0.25, 0.3) is 11.1 Å². The first-order valence-electron chi connectivity index (χ1n) is 12.6. The van der Waals surface area contributed by atoms with Gasteiger partial charge in [-0.25, -0.2) is 13.6 Å². The second-order valence-corrected chi connectivity index (χ2v) is 10.7. The van der Waals surface area contributed by atoms with Crippen molar-refractivity contribution in [3.63, 3.8) is 0 Å². The number of anilines is 4. The highest BCUT2D eigenvalue weighted by Crippen LogP contribution is 2.54. The van der Waals surface area contributed by atoms with Crippen LogP contribution in [0.3, 0.4) is 0 Å². The Morgan fingerprint density at radius 3 is 2.33 bits per heavy atom. The van der Waals surface area contributed by atoms with E-state index in [2.05, 4.69) is 15.4 Å². The highest BCUT2D eigenvalue weighted by molar-refractivity contribution is 6.30. The lowest BCUT2D eigenvalue weighted by Crippen LogP contribution is -2.27. The first kappa shape index (κ1) is 29.0. The molecule has 42 heavy (non-hydrogen) atoms. The van der Waals surface area contributed by atoms with E-state index in [1.165, 1.54) is 24.3 Å². The Balaban J connectivity index is 1.48. The number of fused-ring (bicyclic) bond motifs is 1. The SMILES string of the molecule is CC1(C)CN(c2ccccc2NC(=O)Nc2ccc(OC(F)(F)F)cc2)c2c(O)cc(F)c(-c3ccc(Cl)cc3F)c21. The van der Waals surface area contributed by atoms with Crippen molar-refractivity contribution in [3.8, 4) is 22.6 Å². The number of benzene rings is 4. The van der Waals surface area contributed by atoms with E-state index < -0.39 is 35.2 Å². The predicted octanol–water partition coefficient (Wildman–Crippen LogP) is 8.96. The third-order valence-electron chi connectivity index (χ3n) is 6.72. The summed E-state index contributed by atoms with van der Waals surface area (Å²) >= 11 is 5.92. The molecule has 0 bridgehead atoms. The van der Waals surface area contributed by atoms with Gasteiger partial charge in [0.25, 0.3) is 0 Å². The number of carbonyl (C=O) groups is 1. The van der Waals surface area contributed by atoms with Crippen LogP contribution >= 0.6 is 11.6 Å². The average Bonchev–Trinajstić information content (AvgIpc) is 3.17. The van der Waals surface area contributed by atoms with Crippen molar-refractivity contribution in [2.45, 2.75) is 25.6 Å². The van der Waals surface area contributed by atoms with Crippen molar-refractivity contribution in [1.29, 1.82) is 0 Å². The number of phenolic OH excluding ortho intramolecular Hbond substituents is 1. The lowest BCUT2D eigenvalue weighted by Gasteiger charge is -2.25. The summed E-state index contributed by atoms with van der Waals surface area (Å²) in [5.41, 5.74) is 0.797. The van der Waals surface area contributed by atoms with Gasteiger partial charge < -0.3 is 25.4 Å². The summed E-state index contributed by atoms with van der Waals surface area (Å²) in [4.78, 5) is 14.6. The van der Waals surface area contributed by atoms with E-state index in [0.29, 0.717) is 16.9 Å². The van der Waals surface area contributed by atoms with Gasteiger partial charge in [0.05, 0.1) is 17.1 Å². The van der Waals surface area contributed by atoms with Gasteiger partial charge in [-0.2, -0.15) is 0 Å². The van der Waals surface area contributed by atoms with E-state index in [9.17, 15) is 27.5 Å². The second-order valence-electron chi connectivity index (χ2n) is 10.2. The number of halogens is 6. The maximum Gasteiger partial charge on any atom is 0.573 e. The summed E-state index contributed by atoms with van der Waals surface area (Å²) in [7, 11) is 0. The fraction of sp³-hybridized carbons (Fsp3) is 0.167. The number of rotatable bonds is 5. The second kappa shape index (κ2) is 10.7. The Labute approximate surface area is 242 Å². The lowest BCUT2D eigenvalue weighted by atomic mass is 9.81. The average molecular weight is 604 g/mol. The molecule has 6 nitrogen and oxygen atoms in total. The molecule has 0 saturated heterocycles. The van der Waals surface area contributed by atoms with Crippen molar-refractivity contribution < 1.29 is 36.6 Å². The Bertz CT molecular complexity index is 1680. The number of hydrogen-bond acceptors (Lipinski definition) is 4. The van der Waals surface area contributed by atoms with Crippen LogP contribution in [0.15, 0.2) is 72.8 Å². The molecular weight excluding hydrogens is 581 g/mol. The van der Waals surface area contributed by atoms with E-state index in [0.717, 1.165) is 24.3 Å². The van der Waals surface area contributed by atoms with E-state index >= 15 is 4.39 Å². The van der Waals surface area contributed by atoms with Gasteiger partial charge in [-0.1, -0.05) is 37.6 Å². The van der Waals surface area contributed by atoms with E-state index in [1.54, 1.807) is 29.2 Å². The van der Waals surface area contributed by atoms with Crippen LogP contribution in [-0.2, 0) is 5.41 Å². The van der Waals surface area contributed by atoms with Crippen LogP contribution in [0.5, 0.6) is 11.5 Å². The van der Waals surface area contributed by atoms with E-state index in [1.807, 2.05) is 13.8 Å². The molecule has 3 N–H and O–H groups in total. The van der Waals surface area contributed by atoms with Gasteiger partial charge >= 0.3 is 12.4 Å². The molecule has 218 valence electrons. The van der Waals surface area contributed by atoms with Gasteiger partial charge in [-0.3, -0.25) is 0 Å². The number of phenols is 1. The molecule has 4 aromatic rings. The minimum absolute atomic E-state index is 0.00870. The summed E-state index contributed by atoms with van der Waals surface area (Å²) in [6.07, 6.45) is -4.84. The summed E-state index contributed by atoms with van der Waals surface area (Å²) in [5, 5.41) is 16.3. The number of alkyl halides is 3. The third-order valence-corrected chi connectivity index (χ3v) is 6.96. The van der Waals surface area contributed by atoms with Crippen LogP contribution < -0.4 is 20.3 Å². The highest BCUT2D eigenvalue weighted by atomic mass is 35.5. The number of hydrogen-bond donors (Lipinski definition) is 3. The summed E-state index contributed by atoms with van der Waals surface area (Å²) in [6, 6.07) is 15.4. The topological polar surface area (TPSA) is 73.8 Å². The molecule has 5 rings (SSSR count). The van der Waals surface area contributed by atoms with Crippen LogP contribution in [0.1, 0.15) is 19.4 Å². The van der Waals surface area contributed by atoms with Crippen LogP contribution in [0, 0.1) is 11.6 Å². The molecule has 0 aliphatic carbocycles.